The van der Waals surface area contributed by atoms with E-state index in [0.29, 0.717) is 17.9 Å². The van der Waals surface area contributed by atoms with Gasteiger partial charge in [-0.2, -0.15) is 5.10 Å². The molecule has 3 rings (SSSR count). The molecule has 1 atom stereocenters. The van der Waals surface area contributed by atoms with E-state index < -0.39 is 9.84 Å². The highest BCUT2D eigenvalue weighted by Crippen LogP contribution is 2.28. The maximum atomic E-state index is 11.5. The number of anilines is 1. The molecule has 7 nitrogen and oxygen atoms in total. The van der Waals surface area contributed by atoms with Gasteiger partial charge in [0.25, 0.3) is 0 Å². The summed E-state index contributed by atoms with van der Waals surface area (Å²) in [6, 6.07) is 4.52. The summed E-state index contributed by atoms with van der Waals surface area (Å²) in [5.41, 5.74) is 7.07. The Morgan fingerprint density at radius 1 is 1.40 bits per heavy atom. The molecular weight excluding hydrogens is 280 g/mol. The van der Waals surface area contributed by atoms with Gasteiger partial charge in [0.05, 0.1) is 23.2 Å². The van der Waals surface area contributed by atoms with Crippen LogP contribution in [-0.2, 0) is 9.84 Å². The molecule has 2 aromatic rings. The van der Waals surface area contributed by atoms with Gasteiger partial charge < -0.3 is 10.7 Å². The van der Waals surface area contributed by atoms with Crippen LogP contribution in [0.1, 0.15) is 12.5 Å². The molecule has 1 saturated heterocycles. The summed E-state index contributed by atoms with van der Waals surface area (Å²) in [5, 5.41) is 4.36. The fraction of sp³-hybridized carbons (Fsp3) is 0.333. The second-order valence-electron chi connectivity index (χ2n) is 4.90. The molecule has 0 aromatic carbocycles. The zero-order valence-electron chi connectivity index (χ0n) is 10.6. The standard InChI is InChI=1S/C12H14N4O3S/c13-11-5-10(8-1-2-12(17)14-6-8)15-16(11)9-3-4-20(18,19)7-9/h1-2,5-6,9H,3-4,7,13H2,(H,14,17). The van der Waals surface area contributed by atoms with E-state index in [1.807, 2.05) is 0 Å². The minimum atomic E-state index is -2.99. The van der Waals surface area contributed by atoms with Gasteiger partial charge >= 0.3 is 0 Å². The van der Waals surface area contributed by atoms with Gasteiger partial charge in [-0.3, -0.25) is 4.79 Å². The van der Waals surface area contributed by atoms with E-state index in [0.717, 1.165) is 5.56 Å². The lowest BCUT2D eigenvalue weighted by Gasteiger charge is -2.09. The number of H-pyrrole nitrogens is 1. The van der Waals surface area contributed by atoms with Crippen molar-refractivity contribution in [1.29, 1.82) is 0 Å². The average Bonchev–Trinajstić information content (AvgIpc) is 2.93. The monoisotopic (exact) mass is 294 g/mol. The summed E-state index contributed by atoms with van der Waals surface area (Å²) in [5.74, 6) is 0.669. The van der Waals surface area contributed by atoms with Crippen molar-refractivity contribution in [2.45, 2.75) is 12.5 Å². The minimum absolute atomic E-state index is 0.0734. The Hall–Kier alpha value is -2.09. The van der Waals surface area contributed by atoms with Gasteiger partial charge in [-0.25, -0.2) is 13.1 Å². The van der Waals surface area contributed by atoms with Crippen molar-refractivity contribution >= 4 is 15.7 Å². The smallest absolute Gasteiger partial charge is 0.247 e. The number of nitrogens with two attached hydrogens (primary N) is 1. The summed E-state index contributed by atoms with van der Waals surface area (Å²) >= 11 is 0. The largest absolute Gasteiger partial charge is 0.384 e. The van der Waals surface area contributed by atoms with Crippen molar-refractivity contribution in [1.82, 2.24) is 14.8 Å². The third-order valence-corrected chi connectivity index (χ3v) is 5.15. The lowest BCUT2D eigenvalue weighted by Crippen LogP contribution is -2.14. The molecule has 3 N–H and O–H groups in total. The summed E-state index contributed by atoms with van der Waals surface area (Å²) in [6.07, 6.45) is 2.08. The Balaban J connectivity index is 1.95. The van der Waals surface area contributed by atoms with Crippen LogP contribution >= 0.6 is 0 Å². The highest BCUT2D eigenvalue weighted by Gasteiger charge is 2.31. The maximum Gasteiger partial charge on any atom is 0.247 e. The van der Waals surface area contributed by atoms with E-state index in [9.17, 15) is 13.2 Å². The topological polar surface area (TPSA) is 111 Å². The molecule has 3 heterocycles. The highest BCUT2D eigenvalue weighted by atomic mass is 32.2. The molecule has 20 heavy (non-hydrogen) atoms. The van der Waals surface area contributed by atoms with Crippen LogP contribution < -0.4 is 11.3 Å². The molecule has 0 spiro atoms. The van der Waals surface area contributed by atoms with E-state index in [2.05, 4.69) is 10.1 Å². The van der Waals surface area contributed by atoms with E-state index in [-0.39, 0.29) is 23.1 Å². The zero-order valence-corrected chi connectivity index (χ0v) is 11.4. The predicted molar refractivity (Wildman–Crippen MR) is 75.0 cm³/mol. The first kappa shape index (κ1) is 12.9. The number of aromatic amines is 1. The maximum absolute atomic E-state index is 11.5. The number of hydrogen-bond donors (Lipinski definition) is 2. The van der Waals surface area contributed by atoms with Crippen molar-refractivity contribution in [2.75, 3.05) is 17.2 Å². The molecule has 0 radical (unpaired) electrons. The second-order valence-corrected chi connectivity index (χ2v) is 7.13. The molecule has 1 unspecified atom stereocenters. The number of nitrogen functional groups attached to an aromatic ring is 1. The third-order valence-electron chi connectivity index (χ3n) is 3.40. The van der Waals surface area contributed by atoms with Gasteiger partial charge in [-0.1, -0.05) is 0 Å². The average molecular weight is 294 g/mol. The Morgan fingerprint density at radius 2 is 2.20 bits per heavy atom. The molecule has 0 saturated carbocycles. The highest BCUT2D eigenvalue weighted by molar-refractivity contribution is 7.91. The van der Waals surface area contributed by atoms with E-state index >= 15 is 0 Å². The Morgan fingerprint density at radius 3 is 2.80 bits per heavy atom. The quantitative estimate of drug-likeness (QED) is 0.820. The molecule has 1 aliphatic heterocycles. The van der Waals surface area contributed by atoms with Crippen molar-refractivity contribution in [3.05, 3.63) is 34.7 Å². The minimum Gasteiger partial charge on any atom is -0.384 e. The number of rotatable bonds is 2. The summed E-state index contributed by atoms with van der Waals surface area (Å²) in [4.78, 5) is 13.6. The van der Waals surface area contributed by atoms with Crippen LogP contribution in [0.5, 0.6) is 0 Å². The first-order valence-corrected chi connectivity index (χ1v) is 8.01. The second kappa shape index (κ2) is 4.48. The number of nitrogens with zero attached hydrogens (tertiary/aromatic N) is 2. The first-order chi connectivity index (χ1) is 9.44. The first-order valence-electron chi connectivity index (χ1n) is 6.19. The Labute approximate surface area is 115 Å². The molecule has 0 bridgehead atoms. The van der Waals surface area contributed by atoms with Crippen molar-refractivity contribution < 1.29 is 8.42 Å². The number of nitrogens with one attached hydrogen (secondary N) is 1. The van der Waals surface area contributed by atoms with Crippen LogP contribution in [0.15, 0.2) is 29.2 Å². The molecule has 1 aliphatic rings. The fourth-order valence-electron chi connectivity index (χ4n) is 2.38. The van der Waals surface area contributed by atoms with Crippen molar-refractivity contribution in [3.8, 4) is 11.3 Å². The van der Waals surface area contributed by atoms with Gasteiger partial charge in [-0.15, -0.1) is 0 Å². The molecule has 8 heteroatoms. The molecule has 1 fully saturated rings. The van der Waals surface area contributed by atoms with Gasteiger partial charge in [0, 0.05) is 23.9 Å². The van der Waals surface area contributed by atoms with Crippen LogP contribution in [0.25, 0.3) is 11.3 Å². The van der Waals surface area contributed by atoms with Crippen LogP contribution in [0.3, 0.4) is 0 Å². The van der Waals surface area contributed by atoms with E-state index in [4.69, 9.17) is 5.73 Å². The Bertz CT molecular complexity index is 786. The van der Waals surface area contributed by atoms with Gasteiger partial charge in [0.2, 0.25) is 5.56 Å². The summed E-state index contributed by atoms with van der Waals surface area (Å²) in [7, 11) is -2.99. The van der Waals surface area contributed by atoms with Gasteiger partial charge in [-0.05, 0) is 12.5 Å². The molecule has 0 aliphatic carbocycles. The van der Waals surface area contributed by atoms with Crippen LogP contribution in [0.4, 0.5) is 5.82 Å². The molecule has 0 amide bonds. The van der Waals surface area contributed by atoms with Crippen LogP contribution in [0, 0.1) is 0 Å². The molecule has 106 valence electrons. The number of aromatic nitrogens is 3. The van der Waals surface area contributed by atoms with Gasteiger partial charge in [0.1, 0.15) is 5.82 Å². The fourth-order valence-corrected chi connectivity index (χ4v) is 4.07. The molecule has 2 aromatic heterocycles. The molecular formula is C12H14N4O3S. The van der Waals surface area contributed by atoms with E-state index in [1.54, 1.807) is 23.0 Å². The summed E-state index contributed by atoms with van der Waals surface area (Å²) < 4.78 is 24.6. The van der Waals surface area contributed by atoms with Crippen molar-refractivity contribution in [3.63, 3.8) is 0 Å². The van der Waals surface area contributed by atoms with Crippen LogP contribution in [0.2, 0.25) is 0 Å². The van der Waals surface area contributed by atoms with Crippen molar-refractivity contribution in [2.24, 2.45) is 0 Å². The van der Waals surface area contributed by atoms with E-state index in [1.165, 1.54) is 6.07 Å². The van der Waals surface area contributed by atoms with Gasteiger partial charge in [0.15, 0.2) is 9.84 Å². The lowest BCUT2D eigenvalue weighted by molar-refractivity contribution is 0.508. The van der Waals surface area contributed by atoms with Crippen LogP contribution in [-0.4, -0.2) is 34.7 Å². The lowest BCUT2D eigenvalue weighted by atomic mass is 10.2. The summed E-state index contributed by atoms with van der Waals surface area (Å²) in [6.45, 7) is 0. The zero-order chi connectivity index (χ0) is 14.3. The number of pyridine rings is 1. The SMILES string of the molecule is Nc1cc(-c2ccc(=O)[nH]c2)nn1C1CCS(=O)(=O)C1. The number of hydrogen-bond acceptors (Lipinski definition) is 5. The normalized spacial score (nSPS) is 21.1. The predicted octanol–water partition coefficient (Wildman–Crippen LogP) is 0.180. The third kappa shape index (κ3) is 2.34. The number of sulfone groups is 1. The Kier molecular flexibility index (Phi) is 2.89.